The van der Waals surface area contributed by atoms with Gasteiger partial charge in [0.1, 0.15) is 5.78 Å². The van der Waals surface area contributed by atoms with E-state index in [0.717, 1.165) is 31.8 Å². The normalized spacial score (nSPS) is 20.3. The van der Waals surface area contributed by atoms with Crippen LogP contribution in [0.1, 0.15) is 39.5 Å². The maximum atomic E-state index is 11.0. The average molecular weight is 220 g/mol. The summed E-state index contributed by atoms with van der Waals surface area (Å²) in [7, 11) is 0. The molecule has 14 heavy (non-hydrogen) atoms. The Balaban J connectivity index is 0.00000169. The van der Waals surface area contributed by atoms with Gasteiger partial charge >= 0.3 is 0 Å². The third-order valence-electron chi connectivity index (χ3n) is 2.77. The van der Waals surface area contributed by atoms with Crippen molar-refractivity contribution in [2.45, 2.75) is 39.5 Å². The van der Waals surface area contributed by atoms with E-state index in [0.29, 0.717) is 5.78 Å². The van der Waals surface area contributed by atoms with E-state index in [4.69, 9.17) is 0 Å². The number of piperidine rings is 1. The molecule has 1 aliphatic rings. The lowest BCUT2D eigenvalue weighted by atomic mass is 10.0. The molecule has 1 saturated heterocycles. The monoisotopic (exact) mass is 219 g/mol. The smallest absolute Gasteiger partial charge is 0.135 e. The molecule has 1 heterocycles. The number of halogens is 1. The highest BCUT2D eigenvalue weighted by Gasteiger charge is 2.17. The molecule has 0 aliphatic carbocycles. The van der Waals surface area contributed by atoms with Gasteiger partial charge in [0.15, 0.2) is 0 Å². The molecule has 0 aromatic heterocycles. The van der Waals surface area contributed by atoms with E-state index >= 15 is 0 Å². The van der Waals surface area contributed by atoms with Gasteiger partial charge < -0.3 is 4.90 Å². The Hall–Kier alpha value is -0.0800. The van der Waals surface area contributed by atoms with Crippen LogP contribution in [-0.4, -0.2) is 30.3 Å². The minimum atomic E-state index is 0. The third kappa shape index (κ3) is 4.97. The summed E-state index contributed by atoms with van der Waals surface area (Å²) in [5.74, 6) is 1.23. The van der Waals surface area contributed by atoms with Crippen molar-refractivity contribution < 1.29 is 4.79 Å². The van der Waals surface area contributed by atoms with Crippen molar-refractivity contribution in [2.75, 3.05) is 19.6 Å². The number of likely N-dealkylation sites (tertiary alicyclic amines) is 1. The highest BCUT2D eigenvalue weighted by Crippen LogP contribution is 2.11. The van der Waals surface area contributed by atoms with E-state index < -0.39 is 0 Å². The van der Waals surface area contributed by atoms with Crippen LogP contribution in [0.4, 0.5) is 0 Å². The molecule has 0 spiro atoms. The van der Waals surface area contributed by atoms with E-state index in [2.05, 4.69) is 18.7 Å². The number of ketones is 1. The Morgan fingerprint density at radius 3 is 2.43 bits per heavy atom. The predicted molar refractivity (Wildman–Crippen MR) is 62.0 cm³/mol. The van der Waals surface area contributed by atoms with Crippen LogP contribution in [-0.2, 0) is 4.79 Å². The van der Waals surface area contributed by atoms with Crippen LogP contribution in [0.25, 0.3) is 0 Å². The molecule has 0 bridgehead atoms. The number of rotatable bonds is 4. The van der Waals surface area contributed by atoms with E-state index in [9.17, 15) is 4.79 Å². The summed E-state index contributed by atoms with van der Waals surface area (Å²) in [5.41, 5.74) is 0. The van der Waals surface area contributed by atoms with Gasteiger partial charge in [-0.25, -0.2) is 0 Å². The molecule has 0 radical (unpaired) electrons. The summed E-state index contributed by atoms with van der Waals surface area (Å²) < 4.78 is 0. The third-order valence-corrected chi connectivity index (χ3v) is 2.77. The second-order valence-corrected chi connectivity index (χ2v) is 4.23. The Labute approximate surface area is 93.5 Å². The largest absolute Gasteiger partial charge is 0.302 e. The zero-order valence-corrected chi connectivity index (χ0v) is 10.1. The van der Waals surface area contributed by atoms with E-state index in [1.54, 1.807) is 0 Å². The van der Waals surface area contributed by atoms with Gasteiger partial charge in [0.2, 0.25) is 0 Å². The van der Waals surface area contributed by atoms with E-state index in [-0.39, 0.29) is 12.4 Å². The Kier molecular flexibility index (Phi) is 7.20. The van der Waals surface area contributed by atoms with Crippen LogP contribution < -0.4 is 0 Å². The number of hydrogen-bond acceptors (Lipinski definition) is 2. The number of carbonyl (C=O) groups is 1. The predicted octanol–water partition coefficient (Wildman–Crippen LogP) is 2.51. The SMILES string of the molecule is CCCC(C)CN1CCC(=O)CC1.Cl. The van der Waals surface area contributed by atoms with Crippen molar-refractivity contribution in [3.05, 3.63) is 0 Å². The number of Topliss-reactive ketones (excluding diaryl/α,β-unsaturated/α-hetero) is 1. The molecule has 84 valence electrons. The summed E-state index contributed by atoms with van der Waals surface area (Å²) in [6, 6.07) is 0. The van der Waals surface area contributed by atoms with Crippen LogP contribution in [0.5, 0.6) is 0 Å². The van der Waals surface area contributed by atoms with Crippen molar-refractivity contribution in [2.24, 2.45) is 5.92 Å². The van der Waals surface area contributed by atoms with Crippen LogP contribution in [0.2, 0.25) is 0 Å². The van der Waals surface area contributed by atoms with E-state index in [1.165, 1.54) is 19.4 Å². The van der Waals surface area contributed by atoms with Crippen molar-refractivity contribution >= 4 is 18.2 Å². The lowest BCUT2D eigenvalue weighted by molar-refractivity contribution is -0.121. The van der Waals surface area contributed by atoms with Gasteiger partial charge in [-0.3, -0.25) is 4.79 Å². The maximum absolute atomic E-state index is 11.0. The Bertz CT molecular complexity index is 163. The minimum Gasteiger partial charge on any atom is -0.302 e. The van der Waals surface area contributed by atoms with Crippen LogP contribution >= 0.6 is 12.4 Å². The Morgan fingerprint density at radius 1 is 1.36 bits per heavy atom. The molecule has 3 heteroatoms. The molecule has 1 atom stereocenters. The summed E-state index contributed by atoms with van der Waals surface area (Å²) in [6.07, 6.45) is 4.13. The van der Waals surface area contributed by atoms with Crippen LogP contribution in [0.15, 0.2) is 0 Å². The fourth-order valence-electron chi connectivity index (χ4n) is 2.01. The maximum Gasteiger partial charge on any atom is 0.135 e. The van der Waals surface area contributed by atoms with Gasteiger partial charge in [0, 0.05) is 32.5 Å². The molecular formula is C11H22ClNO. The van der Waals surface area contributed by atoms with Gasteiger partial charge in [-0.1, -0.05) is 20.3 Å². The van der Waals surface area contributed by atoms with Crippen LogP contribution in [0, 0.1) is 5.92 Å². The molecule has 0 aromatic rings. The van der Waals surface area contributed by atoms with Crippen molar-refractivity contribution in [1.82, 2.24) is 4.90 Å². The zero-order valence-electron chi connectivity index (χ0n) is 9.29. The molecule has 1 aliphatic heterocycles. The summed E-state index contributed by atoms with van der Waals surface area (Å²) in [6.45, 7) is 7.71. The molecule has 2 nitrogen and oxygen atoms in total. The standard InChI is InChI=1S/C11H21NO.ClH/c1-3-4-10(2)9-12-7-5-11(13)6-8-12;/h10H,3-9H2,1-2H3;1H. The Morgan fingerprint density at radius 2 is 1.93 bits per heavy atom. The number of hydrogen-bond donors (Lipinski definition) is 0. The van der Waals surface area contributed by atoms with Crippen LogP contribution in [0.3, 0.4) is 0 Å². The van der Waals surface area contributed by atoms with Crippen molar-refractivity contribution in [1.29, 1.82) is 0 Å². The minimum absolute atomic E-state index is 0. The summed E-state index contributed by atoms with van der Waals surface area (Å²) in [4.78, 5) is 13.4. The second kappa shape index (κ2) is 7.24. The molecule has 0 N–H and O–H groups in total. The first kappa shape index (κ1) is 13.9. The molecular weight excluding hydrogens is 198 g/mol. The zero-order chi connectivity index (χ0) is 9.68. The topological polar surface area (TPSA) is 20.3 Å². The first-order chi connectivity index (χ1) is 6.22. The van der Waals surface area contributed by atoms with Gasteiger partial charge in [0.05, 0.1) is 0 Å². The number of nitrogens with zero attached hydrogens (tertiary/aromatic N) is 1. The van der Waals surface area contributed by atoms with E-state index in [1.807, 2.05) is 0 Å². The molecule has 0 amide bonds. The first-order valence-corrected chi connectivity index (χ1v) is 5.46. The fourth-order valence-corrected chi connectivity index (χ4v) is 2.01. The van der Waals surface area contributed by atoms with Crippen molar-refractivity contribution in [3.63, 3.8) is 0 Å². The molecule has 0 saturated carbocycles. The summed E-state index contributed by atoms with van der Waals surface area (Å²) in [5, 5.41) is 0. The average Bonchev–Trinajstić information content (AvgIpc) is 2.09. The second-order valence-electron chi connectivity index (χ2n) is 4.23. The van der Waals surface area contributed by atoms with Gasteiger partial charge in [-0.05, 0) is 12.3 Å². The fraction of sp³-hybridized carbons (Fsp3) is 0.909. The molecule has 0 aromatic carbocycles. The molecule has 1 fully saturated rings. The number of carbonyl (C=O) groups excluding carboxylic acids is 1. The molecule has 1 rings (SSSR count). The summed E-state index contributed by atoms with van der Waals surface area (Å²) >= 11 is 0. The highest BCUT2D eigenvalue weighted by atomic mass is 35.5. The lowest BCUT2D eigenvalue weighted by Crippen LogP contribution is -2.36. The first-order valence-electron chi connectivity index (χ1n) is 5.46. The van der Waals surface area contributed by atoms with Gasteiger partial charge in [-0.2, -0.15) is 0 Å². The highest BCUT2D eigenvalue weighted by molar-refractivity contribution is 5.85. The van der Waals surface area contributed by atoms with Crippen molar-refractivity contribution in [3.8, 4) is 0 Å². The van der Waals surface area contributed by atoms with Gasteiger partial charge in [-0.15, -0.1) is 12.4 Å². The quantitative estimate of drug-likeness (QED) is 0.724. The molecule has 1 unspecified atom stereocenters. The van der Waals surface area contributed by atoms with Gasteiger partial charge in [0.25, 0.3) is 0 Å². The lowest BCUT2D eigenvalue weighted by Gasteiger charge is -2.28.